The molecule has 2 aromatic carbocycles. The van der Waals surface area contributed by atoms with E-state index in [0.717, 1.165) is 16.8 Å². The Morgan fingerprint density at radius 2 is 1.64 bits per heavy atom. The zero-order valence-electron chi connectivity index (χ0n) is 11.6. The molecule has 0 bridgehead atoms. The van der Waals surface area contributed by atoms with E-state index >= 15 is 0 Å². The lowest BCUT2D eigenvalue weighted by Crippen LogP contribution is -2.06. The number of rotatable bonds is 2. The summed E-state index contributed by atoms with van der Waals surface area (Å²) in [5.74, 6) is 0. The minimum Gasteiger partial charge on any atom is -0.312 e. The van der Waals surface area contributed by atoms with Gasteiger partial charge < -0.3 is 4.98 Å². The lowest BCUT2D eigenvalue weighted by atomic mass is 10.1. The molecule has 0 aliphatic heterocycles. The Balaban J connectivity index is 1.80. The Hall–Kier alpha value is -3.21. The molecule has 2 aromatic heterocycles. The van der Waals surface area contributed by atoms with Crippen LogP contribution in [-0.4, -0.2) is 19.7 Å². The molecule has 22 heavy (non-hydrogen) atoms. The van der Waals surface area contributed by atoms with Crippen LogP contribution in [0.5, 0.6) is 0 Å². The number of aromatic nitrogens is 4. The van der Waals surface area contributed by atoms with Gasteiger partial charge in [-0.2, -0.15) is 5.10 Å². The van der Waals surface area contributed by atoms with Crippen LogP contribution < -0.4 is 5.56 Å². The molecule has 0 aliphatic rings. The average Bonchev–Trinajstić information content (AvgIpc) is 3.01. The van der Waals surface area contributed by atoms with Gasteiger partial charge in [0.2, 0.25) is 0 Å². The summed E-state index contributed by atoms with van der Waals surface area (Å²) in [6.07, 6.45) is 2.92. The number of fused-ring (bicyclic) bond motifs is 1. The summed E-state index contributed by atoms with van der Waals surface area (Å²) < 4.78 is 1.67. The van der Waals surface area contributed by atoms with Crippen LogP contribution in [0, 0.1) is 0 Å². The summed E-state index contributed by atoms with van der Waals surface area (Å²) in [7, 11) is 0. The molecule has 0 amide bonds. The fourth-order valence-corrected chi connectivity index (χ4v) is 2.47. The molecule has 2 heterocycles. The van der Waals surface area contributed by atoms with Crippen molar-refractivity contribution in [2.24, 2.45) is 0 Å². The van der Waals surface area contributed by atoms with Crippen molar-refractivity contribution in [3.8, 4) is 16.8 Å². The van der Waals surface area contributed by atoms with Crippen molar-refractivity contribution in [3.63, 3.8) is 0 Å². The van der Waals surface area contributed by atoms with Gasteiger partial charge in [-0.3, -0.25) is 4.79 Å². The van der Waals surface area contributed by atoms with Crippen molar-refractivity contribution in [2.75, 3.05) is 0 Å². The lowest BCUT2D eigenvalue weighted by Gasteiger charge is -2.05. The van der Waals surface area contributed by atoms with Crippen LogP contribution in [0.1, 0.15) is 0 Å². The fourth-order valence-electron chi connectivity index (χ4n) is 2.47. The van der Waals surface area contributed by atoms with Gasteiger partial charge in [-0.05, 0) is 23.3 Å². The number of aromatic amines is 1. The predicted molar refractivity (Wildman–Crippen MR) is 84.9 cm³/mol. The highest BCUT2D eigenvalue weighted by molar-refractivity contribution is 5.75. The van der Waals surface area contributed by atoms with Crippen LogP contribution >= 0.6 is 0 Å². The van der Waals surface area contributed by atoms with Crippen molar-refractivity contribution in [1.29, 1.82) is 0 Å². The van der Waals surface area contributed by atoms with E-state index in [1.165, 1.54) is 12.5 Å². The van der Waals surface area contributed by atoms with Crippen LogP contribution in [0.15, 0.2) is 71.9 Å². The molecule has 5 heteroatoms. The Kier molecular flexibility index (Phi) is 2.83. The number of hydrogen-bond donors (Lipinski definition) is 1. The molecule has 0 atom stereocenters. The zero-order chi connectivity index (χ0) is 14.9. The second-order valence-electron chi connectivity index (χ2n) is 4.94. The van der Waals surface area contributed by atoms with E-state index in [1.807, 2.05) is 42.5 Å². The van der Waals surface area contributed by atoms with Gasteiger partial charge in [-0.15, -0.1) is 0 Å². The molecule has 4 rings (SSSR count). The largest absolute Gasteiger partial charge is 0.312 e. The molecular formula is C17H12N4O. The first-order chi connectivity index (χ1) is 10.8. The van der Waals surface area contributed by atoms with E-state index in [-0.39, 0.29) is 5.56 Å². The Morgan fingerprint density at radius 1 is 0.909 bits per heavy atom. The van der Waals surface area contributed by atoms with Gasteiger partial charge in [0.05, 0.1) is 18.2 Å². The molecule has 4 aromatic rings. The standard InChI is InChI=1S/C17H12N4O/c22-17-15-10-20-21(16(15)18-11-19-17)14-8-6-13(7-9-14)12-4-2-1-3-5-12/h1-11H,(H,18,19,22). The van der Waals surface area contributed by atoms with Gasteiger partial charge >= 0.3 is 0 Å². The minimum absolute atomic E-state index is 0.183. The first kappa shape index (κ1) is 12.5. The third-order valence-corrected chi connectivity index (χ3v) is 3.59. The first-order valence-electron chi connectivity index (χ1n) is 6.90. The van der Waals surface area contributed by atoms with Crippen LogP contribution in [0.4, 0.5) is 0 Å². The average molecular weight is 288 g/mol. The summed E-state index contributed by atoms with van der Waals surface area (Å²) in [5.41, 5.74) is 3.53. The Morgan fingerprint density at radius 3 is 2.41 bits per heavy atom. The number of H-pyrrole nitrogens is 1. The molecule has 0 unspecified atom stereocenters. The number of nitrogens with one attached hydrogen (secondary N) is 1. The van der Waals surface area contributed by atoms with Crippen LogP contribution in [0.3, 0.4) is 0 Å². The molecule has 0 aliphatic carbocycles. The zero-order valence-corrected chi connectivity index (χ0v) is 11.6. The predicted octanol–water partition coefficient (Wildman–Crippen LogP) is 2.78. The van der Waals surface area contributed by atoms with Gasteiger partial charge in [0.25, 0.3) is 5.56 Å². The lowest BCUT2D eigenvalue weighted by molar-refractivity contribution is 0.895. The maximum Gasteiger partial charge on any atom is 0.261 e. The van der Waals surface area contributed by atoms with Gasteiger partial charge in [-0.25, -0.2) is 9.67 Å². The highest BCUT2D eigenvalue weighted by Crippen LogP contribution is 2.21. The Bertz CT molecular complexity index is 985. The summed E-state index contributed by atoms with van der Waals surface area (Å²) in [6, 6.07) is 18.2. The summed E-state index contributed by atoms with van der Waals surface area (Å²) in [6.45, 7) is 0. The minimum atomic E-state index is -0.183. The van der Waals surface area contributed by atoms with Crippen LogP contribution in [0.2, 0.25) is 0 Å². The fraction of sp³-hybridized carbons (Fsp3) is 0. The number of hydrogen-bond acceptors (Lipinski definition) is 3. The summed E-state index contributed by atoms with van der Waals surface area (Å²) >= 11 is 0. The third kappa shape index (κ3) is 2.00. The van der Waals surface area contributed by atoms with Crippen molar-refractivity contribution >= 4 is 11.0 Å². The maximum atomic E-state index is 11.7. The van der Waals surface area contributed by atoms with Crippen molar-refractivity contribution in [2.45, 2.75) is 0 Å². The molecule has 0 saturated carbocycles. The van der Waals surface area contributed by atoms with E-state index < -0.39 is 0 Å². The maximum absolute atomic E-state index is 11.7. The second-order valence-corrected chi connectivity index (χ2v) is 4.94. The molecule has 0 spiro atoms. The molecule has 5 nitrogen and oxygen atoms in total. The van der Waals surface area contributed by atoms with Gasteiger partial charge in [0.1, 0.15) is 5.39 Å². The van der Waals surface area contributed by atoms with E-state index in [1.54, 1.807) is 4.68 Å². The number of nitrogens with zero attached hydrogens (tertiary/aromatic N) is 3. The number of benzene rings is 2. The van der Waals surface area contributed by atoms with Crippen molar-refractivity contribution < 1.29 is 0 Å². The van der Waals surface area contributed by atoms with E-state index in [0.29, 0.717) is 11.0 Å². The second kappa shape index (κ2) is 4.96. The highest BCUT2D eigenvalue weighted by Gasteiger charge is 2.08. The van der Waals surface area contributed by atoms with Crippen LogP contribution in [0.25, 0.3) is 27.8 Å². The molecule has 1 N–H and O–H groups in total. The molecule has 0 fully saturated rings. The molecule has 0 saturated heterocycles. The highest BCUT2D eigenvalue weighted by atomic mass is 16.1. The SMILES string of the molecule is O=c1[nH]cnc2c1cnn2-c1ccc(-c2ccccc2)cc1. The molecular weight excluding hydrogens is 276 g/mol. The van der Waals surface area contributed by atoms with E-state index in [4.69, 9.17) is 0 Å². The van der Waals surface area contributed by atoms with Crippen molar-refractivity contribution in [1.82, 2.24) is 19.7 Å². The molecule has 106 valence electrons. The summed E-state index contributed by atoms with van der Waals surface area (Å²) in [5, 5.41) is 4.74. The smallest absolute Gasteiger partial charge is 0.261 e. The topological polar surface area (TPSA) is 63.6 Å². The quantitative estimate of drug-likeness (QED) is 0.617. The van der Waals surface area contributed by atoms with Gasteiger partial charge in [0, 0.05) is 0 Å². The van der Waals surface area contributed by atoms with E-state index in [9.17, 15) is 4.79 Å². The summed E-state index contributed by atoms with van der Waals surface area (Å²) in [4.78, 5) is 18.5. The van der Waals surface area contributed by atoms with E-state index in [2.05, 4.69) is 27.2 Å². The van der Waals surface area contributed by atoms with Gasteiger partial charge in [-0.1, -0.05) is 42.5 Å². The van der Waals surface area contributed by atoms with Gasteiger partial charge in [0.15, 0.2) is 5.65 Å². The van der Waals surface area contributed by atoms with Crippen LogP contribution in [-0.2, 0) is 0 Å². The monoisotopic (exact) mass is 288 g/mol. The first-order valence-corrected chi connectivity index (χ1v) is 6.90. The Labute approximate surface area is 125 Å². The third-order valence-electron chi connectivity index (χ3n) is 3.59. The molecule has 0 radical (unpaired) electrons. The normalized spacial score (nSPS) is 10.9. The van der Waals surface area contributed by atoms with Crippen molar-refractivity contribution in [3.05, 3.63) is 77.5 Å².